The lowest BCUT2D eigenvalue weighted by Crippen LogP contribution is -2.38. The summed E-state index contributed by atoms with van der Waals surface area (Å²) in [5.41, 5.74) is 1.99. The first-order chi connectivity index (χ1) is 8.58. The van der Waals surface area contributed by atoms with Gasteiger partial charge in [-0.3, -0.25) is 9.69 Å². The molecule has 1 aromatic carbocycles. The molecule has 1 aliphatic heterocycles. The van der Waals surface area contributed by atoms with E-state index in [2.05, 4.69) is 0 Å². The second-order valence-electron chi connectivity index (χ2n) is 4.92. The second kappa shape index (κ2) is 5.50. The van der Waals surface area contributed by atoms with Crippen LogP contribution in [0.2, 0.25) is 0 Å². The Morgan fingerprint density at radius 1 is 1.44 bits per heavy atom. The summed E-state index contributed by atoms with van der Waals surface area (Å²) >= 11 is 0. The summed E-state index contributed by atoms with van der Waals surface area (Å²) in [5, 5.41) is 19.2. The Balaban J connectivity index is 2.00. The van der Waals surface area contributed by atoms with E-state index in [0.717, 1.165) is 24.1 Å². The molecule has 0 spiro atoms. The fourth-order valence-electron chi connectivity index (χ4n) is 2.44. The van der Waals surface area contributed by atoms with E-state index in [9.17, 15) is 9.90 Å². The Kier molecular flexibility index (Phi) is 3.99. The third-order valence-corrected chi connectivity index (χ3v) is 3.52. The number of aryl methyl sites for hydroxylation is 1. The Hall–Kier alpha value is -1.39. The normalized spacial score (nSPS) is 22.0. The largest absolute Gasteiger partial charge is 0.480 e. The van der Waals surface area contributed by atoms with Crippen LogP contribution in [0.15, 0.2) is 24.3 Å². The number of nitrogens with zero attached hydrogens (tertiary/aromatic N) is 1. The van der Waals surface area contributed by atoms with E-state index < -0.39 is 18.1 Å². The van der Waals surface area contributed by atoms with Gasteiger partial charge in [-0.05, 0) is 31.9 Å². The molecule has 0 saturated carbocycles. The number of carboxylic acid groups (broad SMARTS) is 1. The van der Waals surface area contributed by atoms with Gasteiger partial charge in [0.05, 0.1) is 6.10 Å². The van der Waals surface area contributed by atoms with Crippen LogP contribution in [0.5, 0.6) is 0 Å². The molecule has 1 saturated heterocycles. The molecule has 2 rings (SSSR count). The van der Waals surface area contributed by atoms with Crippen LogP contribution < -0.4 is 0 Å². The molecule has 18 heavy (non-hydrogen) atoms. The topological polar surface area (TPSA) is 60.8 Å². The molecule has 1 heterocycles. The van der Waals surface area contributed by atoms with Crippen molar-refractivity contribution in [1.29, 1.82) is 0 Å². The van der Waals surface area contributed by atoms with Gasteiger partial charge in [-0.25, -0.2) is 0 Å². The minimum Gasteiger partial charge on any atom is -0.480 e. The first-order valence-electron chi connectivity index (χ1n) is 6.29. The van der Waals surface area contributed by atoms with Crippen molar-refractivity contribution in [3.8, 4) is 0 Å². The first-order valence-corrected chi connectivity index (χ1v) is 6.29. The van der Waals surface area contributed by atoms with Gasteiger partial charge in [0, 0.05) is 6.54 Å². The molecule has 0 bridgehead atoms. The number of β-amino-alcohol motifs (C(OH)–C–C–N with tert-alkyl or cyclic N) is 1. The first kappa shape index (κ1) is 13.1. The van der Waals surface area contributed by atoms with Gasteiger partial charge in [0.15, 0.2) is 0 Å². The highest BCUT2D eigenvalue weighted by atomic mass is 16.4. The van der Waals surface area contributed by atoms with Gasteiger partial charge in [0.1, 0.15) is 6.04 Å². The van der Waals surface area contributed by atoms with Crippen LogP contribution in [0.3, 0.4) is 0 Å². The summed E-state index contributed by atoms with van der Waals surface area (Å²) in [4.78, 5) is 12.9. The molecular formula is C14H19NO3. The number of aliphatic carboxylic acids is 1. The highest BCUT2D eigenvalue weighted by molar-refractivity contribution is 5.73. The smallest absolute Gasteiger partial charge is 0.320 e. The lowest BCUT2D eigenvalue weighted by Gasteiger charge is -2.24. The number of hydrogen-bond donors (Lipinski definition) is 2. The van der Waals surface area contributed by atoms with Gasteiger partial charge in [0.25, 0.3) is 0 Å². The van der Waals surface area contributed by atoms with Crippen LogP contribution in [0, 0.1) is 6.92 Å². The minimum atomic E-state index is -0.788. The lowest BCUT2D eigenvalue weighted by atomic mass is 10.1. The number of benzene rings is 1. The van der Waals surface area contributed by atoms with Crippen LogP contribution in [0.25, 0.3) is 0 Å². The average molecular weight is 249 g/mol. The van der Waals surface area contributed by atoms with E-state index in [0.29, 0.717) is 13.0 Å². The van der Waals surface area contributed by atoms with Crippen molar-refractivity contribution in [2.24, 2.45) is 0 Å². The van der Waals surface area contributed by atoms with Gasteiger partial charge >= 0.3 is 5.97 Å². The minimum absolute atomic E-state index is 0.389. The van der Waals surface area contributed by atoms with Crippen LogP contribution in [-0.4, -0.2) is 40.2 Å². The number of aliphatic hydroxyl groups is 1. The van der Waals surface area contributed by atoms with Gasteiger partial charge in [0.2, 0.25) is 0 Å². The molecule has 2 unspecified atom stereocenters. The van der Waals surface area contributed by atoms with Gasteiger partial charge in [-0.15, -0.1) is 0 Å². The SMILES string of the molecule is Cc1ccc(C(O)CN2CCCC2C(=O)O)cc1. The standard InChI is InChI=1S/C14H19NO3/c1-10-4-6-11(7-5-10)13(16)9-15-8-2-3-12(15)14(17)18/h4-7,12-13,16H,2-3,8-9H2,1H3,(H,17,18). The van der Waals surface area contributed by atoms with E-state index in [1.54, 1.807) is 0 Å². The summed E-state index contributed by atoms with van der Waals surface area (Å²) in [6.45, 7) is 3.14. The molecule has 1 aliphatic rings. The van der Waals surface area contributed by atoms with Gasteiger partial charge < -0.3 is 10.2 Å². The van der Waals surface area contributed by atoms with Crippen LogP contribution in [-0.2, 0) is 4.79 Å². The molecule has 4 nitrogen and oxygen atoms in total. The Morgan fingerprint density at radius 3 is 2.72 bits per heavy atom. The third kappa shape index (κ3) is 2.89. The predicted molar refractivity (Wildman–Crippen MR) is 68.4 cm³/mol. The molecule has 0 amide bonds. The highest BCUT2D eigenvalue weighted by Crippen LogP contribution is 2.22. The maximum absolute atomic E-state index is 11.1. The fraction of sp³-hybridized carbons (Fsp3) is 0.500. The molecule has 1 fully saturated rings. The second-order valence-corrected chi connectivity index (χ2v) is 4.92. The Morgan fingerprint density at radius 2 is 2.11 bits per heavy atom. The molecular weight excluding hydrogens is 230 g/mol. The molecule has 0 aliphatic carbocycles. The van der Waals surface area contributed by atoms with Crippen molar-refractivity contribution in [3.05, 3.63) is 35.4 Å². The van der Waals surface area contributed by atoms with Crippen LogP contribution in [0.1, 0.15) is 30.1 Å². The van der Waals surface area contributed by atoms with Crippen molar-refractivity contribution in [3.63, 3.8) is 0 Å². The van der Waals surface area contributed by atoms with E-state index in [4.69, 9.17) is 5.11 Å². The van der Waals surface area contributed by atoms with E-state index in [1.165, 1.54) is 0 Å². The van der Waals surface area contributed by atoms with Crippen molar-refractivity contribution in [2.45, 2.75) is 31.9 Å². The van der Waals surface area contributed by atoms with Crippen molar-refractivity contribution >= 4 is 5.97 Å². The molecule has 1 aromatic rings. The Bertz CT molecular complexity index is 416. The summed E-state index contributed by atoms with van der Waals surface area (Å²) in [6.07, 6.45) is 0.943. The number of rotatable bonds is 4. The maximum Gasteiger partial charge on any atom is 0.320 e. The highest BCUT2D eigenvalue weighted by Gasteiger charge is 2.31. The Labute approximate surface area is 107 Å². The molecule has 0 radical (unpaired) electrons. The molecule has 2 atom stereocenters. The van der Waals surface area contributed by atoms with Crippen LogP contribution >= 0.6 is 0 Å². The summed E-state index contributed by atoms with van der Waals surface area (Å²) in [7, 11) is 0. The van der Waals surface area contributed by atoms with E-state index in [1.807, 2.05) is 36.1 Å². The monoisotopic (exact) mass is 249 g/mol. The van der Waals surface area contributed by atoms with Crippen molar-refractivity contribution in [1.82, 2.24) is 4.90 Å². The zero-order valence-electron chi connectivity index (χ0n) is 10.5. The number of likely N-dealkylation sites (tertiary alicyclic amines) is 1. The zero-order chi connectivity index (χ0) is 13.1. The number of carboxylic acids is 1. The third-order valence-electron chi connectivity index (χ3n) is 3.52. The average Bonchev–Trinajstić information content (AvgIpc) is 2.78. The van der Waals surface area contributed by atoms with Gasteiger partial charge in [-0.2, -0.15) is 0 Å². The van der Waals surface area contributed by atoms with Crippen LogP contribution in [0.4, 0.5) is 0 Å². The number of carbonyl (C=O) groups is 1. The summed E-state index contributed by atoms with van der Waals surface area (Å²) < 4.78 is 0. The van der Waals surface area contributed by atoms with Gasteiger partial charge in [-0.1, -0.05) is 29.8 Å². The lowest BCUT2D eigenvalue weighted by molar-refractivity contribution is -0.142. The van der Waals surface area contributed by atoms with Crippen molar-refractivity contribution < 1.29 is 15.0 Å². The predicted octanol–water partition coefficient (Wildman–Crippen LogP) is 1.58. The van der Waals surface area contributed by atoms with E-state index >= 15 is 0 Å². The van der Waals surface area contributed by atoms with E-state index in [-0.39, 0.29) is 0 Å². The van der Waals surface area contributed by atoms with Crippen molar-refractivity contribution in [2.75, 3.05) is 13.1 Å². The number of aliphatic hydroxyl groups excluding tert-OH is 1. The molecule has 98 valence electrons. The number of hydrogen-bond acceptors (Lipinski definition) is 3. The quantitative estimate of drug-likeness (QED) is 0.850. The molecule has 2 N–H and O–H groups in total. The fourth-order valence-corrected chi connectivity index (χ4v) is 2.44. The molecule has 4 heteroatoms. The maximum atomic E-state index is 11.1. The summed E-state index contributed by atoms with van der Waals surface area (Å²) in [6, 6.07) is 7.26. The zero-order valence-corrected chi connectivity index (χ0v) is 10.5. The molecule has 0 aromatic heterocycles. The summed E-state index contributed by atoms with van der Waals surface area (Å²) in [5.74, 6) is -0.788.